The number of hydrogen-bond donors (Lipinski definition) is 2. The normalized spacial score (nSPS) is 36.8. The van der Waals surface area contributed by atoms with Gasteiger partial charge in [0, 0.05) is 19.2 Å². The van der Waals surface area contributed by atoms with Gasteiger partial charge in [0.1, 0.15) is 0 Å². The highest BCUT2D eigenvalue weighted by molar-refractivity contribution is 5.11. The van der Waals surface area contributed by atoms with Crippen LogP contribution in [0.2, 0.25) is 0 Å². The minimum Gasteiger partial charge on any atom is -0.392 e. The Morgan fingerprint density at radius 2 is 2.00 bits per heavy atom. The van der Waals surface area contributed by atoms with Crippen LogP contribution >= 0.6 is 0 Å². The van der Waals surface area contributed by atoms with Crippen LogP contribution in [0.1, 0.15) is 60.3 Å². The van der Waals surface area contributed by atoms with Crippen LogP contribution in [-0.2, 0) is 4.74 Å². The number of aliphatic hydroxyl groups is 1. The number of ether oxygens (including phenoxy) is 1. The van der Waals surface area contributed by atoms with Gasteiger partial charge in [-0.2, -0.15) is 0 Å². The molecule has 2 rings (SSSR count). The zero-order valence-electron chi connectivity index (χ0n) is 13.9. The van der Waals surface area contributed by atoms with Gasteiger partial charge in [0.2, 0.25) is 0 Å². The van der Waals surface area contributed by atoms with Gasteiger partial charge in [0.05, 0.1) is 12.2 Å². The summed E-state index contributed by atoms with van der Waals surface area (Å²) in [5.41, 5.74) is 0.744. The minimum absolute atomic E-state index is 0.295. The van der Waals surface area contributed by atoms with E-state index in [4.69, 9.17) is 4.74 Å². The van der Waals surface area contributed by atoms with Gasteiger partial charge in [-0.3, -0.25) is 0 Å². The largest absolute Gasteiger partial charge is 0.392 e. The molecule has 0 saturated heterocycles. The van der Waals surface area contributed by atoms with Gasteiger partial charge in [-0.25, -0.2) is 0 Å². The van der Waals surface area contributed by atoms with Crippen LogP contribution in [0.4, 0.5) is 0 Å². The Morgan fingerprint density at radius 3 is 2.50 bits per heavy atom. The van der Waals surface area contributed by atoms with Crippen molar-refractivity contribution in [3.63, 3.8) is 0 Å². The van der Waals surface area contributed by atoms with Crippen LogP contribution in [0.25, 0.3) is 0 Å². The molecule has 0 radical (unpaired) electrons. The van der Waals surface area contributed by atoms with Gasteiger partial charge in [-0.1, -0.05) is 34.6 Å². The highest BCUT2D eigenvalue weighted by atomic mass is 16.5. The zero-order valence-corrected chi connectivity index (χ0v) is 13.9. The molecule has 4 atom stereocenters. The van der Waals surface area contributed by atoms with E-state index in [-0.39, 0.29) is 6.10 Å². The summed E-state index contributed by atoms with van der Waals surface area (Å²) in [6, 6.07) is 0.427. The highest BCUT2D eigenvalue weighted by Gasteiger charge is 2.61. The van der Waals surface area contributed by atoms with Crippen LogP contribution in [0.15, 0.2) is 0 Å². The molecule has 2 saturated carbocycles. The molecule has 118 valence electrons. The van der Waals surface area contributed by atoms with Crippen molar-refractivity contribution in [2.45, 2.75) is 78.6 Å². The van der Waals surface area contributed by atoms with E-state index in [2.05, 4.69) is 39.9 Å². The molecule has 0 heterocycles. The molecule has 0 aromatic carbocycles. The van der Waals surface area contributed by atoms with Crippen LogP contribution in [0.5, 0.6) is 0 Å². The van der Waals surface area contributed by atoms with E-state index in [1.54, 1.807) is 0 Å². The topological polar surface area (TPSA) is 41.5 Å². The maximum atomic E-state index is 9.93. The summed E-state index contributed by atoms with van der Waals surface area (Å²) in [7, 11) is 0. The van der Waals surface area contributed by atoms with Gasteiger partial charge >= 0.3 is 0 Å². The lowest BCUT2D eigenvalue weighted by Gasteiger charge is -2.39. The predicted octanol–water partition coefficient (Wildman–Crippen LogP) is 2.97. The minimum atomic E-state index is -0.295. The molecule has 2 aliphatic carbocycles. The molecule has 0 unspecified atom stereocenters. The van der Waals surface area contributed by atoms with Gasteiger partial charge < -0.3 is 15.2 Å². The fourth-order valence-electron chi connectivity index (χ4n) is 4.20. The Labute approximate surface area is 124 Å². The molecule has 2 bridgehead atoms. The Kier molecular flexibility index (Phi) is 4.83. The Bertz CT molecular complexity index is 329. The van der Waals surface area contributed by atoms with E-state index >= 15 is 0 Å². The highest BCUT2D eigenvalue weighted by Crippen LogP contribution is 2.66. The lowest BCUT2D eigenvalue weighted by Crippen LogP contribution is -2.38. The van der Waals surface area contributed by atoms with Crippen LogP contribution in [0.3, 0.4) is 0 Å². The maximum absolute atomic E-state index is 9.93. The first-order valence-corrected chi connectivity index (χ1v) is 8.30. The quantitative estimate of drug-likeness (QED) is 0.755. The third-order valence-corrected chi connectivity index (χ3v) is 6.25. The summed E-state index contributed by atoms with van der Waals surface area (Å²) >= 11 is 0. The van der Waals surface area contributed by atoms with Crippen molar-refractivity contribution in [1.82, 2.24) is 5.32 Å². The standard InChI is InChI=1S/C17H33NO2/c1-12(2)18-11-14(19)7-9-20-15-10-13-6-8-17(15,5)16(13,3)4/h12-15,18-19H,6-11H2,1-5H3/t13-,14+,15-,17-/m0/s1. The third-order valence-electron chi connectivity index (χ3n) is 6.25. The van der Waals surface area contributed by atoms with Crippen molar-refractivity contribution < 1.29 is 9.84 Å². The molecule has 0 spiro atoms. The van der Waals surface area contributed by atoms with Gasteiger partial charge in [0.15, 0.2) is 0 Å². The van der Waals surface area contributed by atoms with Crippen molar-refractivity contribution in [2.24, 2.45) is 16.7 Å². The summed E-state index contributed by atoms with van der Waals surface area (Å²) in [6.45, 7) is 12.8. The van der Waals surface area contributed by atoms with Crippen molar-refractivity contribution >= 4 is 0 Å². The zero-order chi connectivity index (χ0) is 15.0. The van der Waals surface area contributed by atoms with Crippen molar-refractivity contribution in [1.29, 1.82) is 0 Å². The SMILES string of the molecule is CC(C)NC[C@H](O)CCO[C@H]1C[C@@H]2CC[C@]1(C)C2(C)C. The molecule has 2 fully saturated rings. The monoisotopic (exact) mass is 283 g/mol. The van der Waals surface area contributed by atoms with Gasteiger partial charge in [0.25, 0.3) is 0 Å². The lowest BCUT2D eigenvalue weighted by atomic mass is 9.70. The molecule has 0 aromatic heterocycles. The van der Waals surface area contributed by atoms with Crippen LogP contribution < -0.4 is 5.32 Å². The number of nitrogens with one attached hydrogen (secondary N) is 1. The number of fused-ring (bicyclic) bond motifs is 2. The summed E-state index contributed by atoms with van der Waals surface area (Å²) < 4.78 is 6.17. The van der Waals surface area contributed by atoms with E-state index in [9.17, 15) is 5.11 Å². The first-order valence-electron chi connectivity index (χ1n) is 8.30. The predicted molar refractivity (Wildman–Crippen MR) is 82.7 cm³/mol. The maximum Gasteiger partial charge on any atom is 0.0686 e. The molecule has 0 aliphatic heterocycles. The van der Waals surface area contributed by atoms with E-state index in [1.165, 1.54) is 19.3 Å². The Balaban J connectivity index is 1.73. The van der Waals surface area contributed by atoms with E-state index < -0.39 is 0 Å². The third kappa shape index (κ3) is 2.90. The number of aliphatic hydroxyl groups excluding tert-OH is 1. The molecule has 20 heavy (non-hydrogen) atoms. The fraction of sp³-hybridized carbons (Fsp3) is 1.00. The molecule has 3 heteroatoms. The van der Waals surface area contributed by atoms with Gasteiger partial charge in [-0.05, 0) is 42.4 Å². The fourth-order valence-corrected chi connectivity index (χ4v) is 4.20. The van der Waals surface area contributed by atoms with Crippen molar-refractivity contribution in [3.05, 3.63) is 0 Å². The number of rotatable bonds is 7. The Hall–Kier alpha value is -0.120. The smallest absolute Gasteiger partial charge is 0.0686 e. The molecule has 0 amide bonds. The van der Waals surface area contributed by atoms with E-state index in [0.29, 0.717) is 36.1 Å². The van der Waals surface area contributed by atoms with Crippen LogP contribution in [0, 0.1) is 16.7 Å². The summed E-state index contributed by atoms with van der Waals surface area (Å²) in [4.78, 5) is 0. The first-order chi connectivity index (χ1) is 9.27. The molecular weight excluding hydrogens is 250 g/mol. The second-order valence-electron chi connectivity index (χ2n) is 7.98. The summed E-state index contributed by atoms with van der Waals surface area (Å²) in [5.74, 6) is 0.824. The van der Waals surface area contributed by atoms with E-state index in [1.807, 2.05) is 0 Å². The molecule has 3 nitrogen and oxygen atoms in total. The summed E-state index contributed by atoms with van der Waals surface area (Å²) in [6.07, 6.45) is 4.71. The number of hydrogen-bond acceptors (Lipinski definition) is 3. The molecule has 0 aromatic rings. The lowest BCUT2D eigenvalue weighted by molar-refractivity contribution is -0.0546. The summed E-state index contributed by atoms with van der Waals surface area (Å²) in [5, 5.41) is 13.2. The van der Waals surface area contributed by atoms with Crippen molar-refractivity contribution in [3.8, 4) is 0 Å². The first kappa shape index (κ1) is 16.3. The average Bonchev–Trinajstić information content (AvgIpc) is 2.69. The van der Waals surface area contributed by atoms with Gasteiger partial charge in [-0.15, -0.1) is 0 Å². The van der Waals surface area contributed by atoms with E-state index in [0.717, 1.165) is 12.3 Å². The second-order valence-corrected chi connectivity index (χ2v) is 7.98. The Morgan fingerprint density at radius 1 is 1.30 bits per heavy atom. The molecular formula is C17H33NO2. The molecule has 2 N–H and O–H groups in total. The average molecular weight is 283 g/mol. The molecule has 2 aliphatic rings. The van der Waals surface area contributed by atoms with Crippen molar-refractivity contribution in [2.75, 3.05) is 13.2 Å². The second kappa shape index (κ2) is 5.94. The van der Waals surface area contributed by atoms with Crippen LogP contribution in [-0.4, -0.2) is 36.5 Å².